The van der Waals surface area contributed by atoms with Crippen LogP contribution in [0.5, 0.6) is 5.75 Å². The summed E-state index contributed by atoms with van der Waals surface area (Å²) in [7, 11) is 0. The molecule has 0 aliphatic heterocycles. The first-order valence-corrected chi connectivity index (χ1v) is 5.11. The maximum Gasteiger partial charge on any atom is 0.573 e. The van der Waals surface area contributed by atoms with E-state index in [4.69, 9.17) is 5.73 Å². The van der Waals surface area contributed by atoms with Gasteiger partial charge in [-0.05, 0) is 30.5 Å². The summed E-state index contributed by atoms with van der Waals surface area (Å²) in [6.07, 6.45) is -3.83. The quantitative estimate of drug-likeness (QED) is 0.861. The molecule has 0 spiro atoms. The third-order valence-electron chi connectivity index (χ3n) is 2.24. The van der Waals surface area contributed by atoms with Gasteiger partial charge in [0.25, 0.3) is 0 Å². The van der Waals surface area contributed by atoms with Crippen molar-refractivity contribution in [3.05, 3.63) is 29.6 Å². The molecule has 7 heteroatoms. The monoisotopic (exact) mass is 287 g/mol. The van der Waals surface area contributed by atoms with Crippen LogP contribution in [0.15, 0.2) is 18.2 Å². The van der Waals surface area contributed by atoms with Crippen molar-refractivity contribution >= 4 is 12.4 Å². The molecule has 0 aromatic heterocycles. The molecule has 1 unspecified atom stereocenters. The van der Waals surface area contributed by atoms with E-state index in [9.17, 15) is 17.6 Å². The third kappa shape index (κ3) is 5.55. The van der Waals surface area contributed by atoms with Crippen molar-refractivity contribution in [1.82, 2.24) is 0 Å². The van der Waals surface area contributed by atoms with Crippen LogP contribution < -0.4 is 10.5 Å². The van der Waals surface area contributed by atoms with Gasteiger partial charge >= 0.3 is 6.36 Å². The first-order valence-electron chi connectivity index (χ1n) is 5.11. The number of benzene rings is 1. The molecule has 0 saturated carbocycles. The molecule has 0 saturated heterocycles. The number of halogens is 5. The Morgan fingerprint density at radius 3 is 2.44 bits per heavy atom. The van der Waals surface area contributed by atoms with Crippen LogP contribution in [0.1, 0.15) is 18.9 Å². The molecule has 0 bridgehead atoms. The SMILES string of the molecule is CCC(N)Cc1ccc(F)c(OC(F)(F)F)c1.Cl. The average Bonchev–Trinajstić information content (AvgIpc) is 2.21. The second-order valence-corrected chi connectivity index (χ2v) is 3.69. The van der Waals surface area contributed by atoms with Gasteiger partial charge in [0.05, 0.1) is 0 Å². The molecule has 0 heterocycles. The predicted molar refractivity (Wildman–Crippen MR) is 62.3 cm³/mol. The lowest BCUT2D eigenvalue weighted by atomic mass is 10.0. The number of hydrogen-bond donors (Lipinski definition) is 1. The zero-order valence-corrected chi connectivity index (χ0v) is 10.4. The Balaban J connectivity index is 0.00000289. The third-order valence-corrected chi connectivity index (χ3v) is 2.24. The molecule has 0 aliphatic rings. The van der Waals surface area contributed by atoms with Crippen LogP contribution in [0, 0.1) is 5.82 Å². The summed E-state index contributed by atoms with van der Waals surface area (Å²) in [6, 6.07) is 3.20. The van der Waals surface area contributed by atoms with Gasteiger partial charge in [-0.15, -0.1) is 25.6 Å². The molecule has 1 aromatic rings. The van der Waals surface area contributed by atoms with Crippen molar-refractivity contribution in [1.29, 1.82) is 0 Å². The minimum absolute atomic E-state index is 0. The van der Waals surface area contributed by atoms with Crippen molar-refractivity contribution in [3.63, 3.8) is 0 Å². The van der Waals surface area contributed by atoms with Crippen LogP contribution >= 0.6 is 12.4 Å². The fourth-order valence-electron chi connectivity index (χ4n) is 1.32. The summed E-state index contributed by atoms with van der Waals surface area (Å²) in [5.74, 6) is -1.87. The Labute approximate surface area is 109 Å². The summed E-state index contributed by atoms with van der Waals surface area (Å²) in [5, 5.41) is 0. The number of ether oxygens (including phenoxy) is 1. The Bertz CT molecular complexity index is 384. The van der Waals surface area contributed by atoms with Gasteiger partial charge in [-0.1, -0.05) is 13.0 Å². The molecule has 18 heavy (non-hydrogen) atoms. The van der Waals surface area contributed by atoms with Crippen LogP contribution in [0.3, 0.4) is 0 Å². The number of nitrogens with two attached hydrogens (primary N) is 1. The predicted octanol–water partition coefficient (Wildman–Crippen LogP) is 3.43. The summed E-state index contributed by atoms with van der Waals surface area (Å²) < 4.78 is 52.5. The van der Waals surface area contributed by atoms with E-state index in [-0.39, 0.29) is 18.4 Å². The highest BCUT2D eigenvalue weighted by molar-refractivity contribution is 5.85. The van der Waals surface area contributed by atoms with Crippen molar-refractivity contribution in [2.75, 3.05) is 0 Å². The molecule has 1 rings (SSSR count). The second kappa shape index (κ2) is 6.80. The smallest absolute Gasteiger partial charge is 0.403 e. The van der Waals surface area contributed by atoms with Crippen molar-refractivity contribution in [2.45, 2.75) is 32.2 Å². The molecule has 1 atom stereocenters. The van der Waals surface area contributed by atoms with E-state index >= 15 is 0 Å². The topological polar surface area (TPSA) is 35.2 Å². The van der Waals surface area contributed by atoms with Crippen LogP contribution in [-0.2, 0) is 6.42 Å². The Hall–Kier alpha value is -1.01. The van der Waals surface area contributed by atoms with Crippen LogP contribution in [0.4, 0.5) is 17.6 Å². The van der Waals surface area contributed by atoms with E-state index in [0.717, 1.165) is 12.1 Å². The summed E-state index contributed by atoms with van der Waals surface area (Å²) in [4.78, 5) is 0. The normalized spacial score (nSPS) is 12.8. The Morgan fingerprint density at radius 2 is 1.94 bits per heavy atom. The summed E-state index contributed by atoms with van der Waals surface area (Å²) in [6.45, 7) is 1.86. The Morgan fingerprint density at radius 1 is 1.33 bits per heavy atom. The maximum absolute atomic E-state index is 13.1. The largest absolute Gasteiger partial charge is 0.573 e. The number of alkyl halides is 3. The molecule has 0 aliphatic carbocycles. The first kappa shape index (κ1) is 17.0. The Kier molecular flexibility index (Phi) is 6.42. The van der Waals surface area contributed by atoms with Gasteiger partial charge in [0.2, 0.25) is 0 Å². The van der Waals surface area contributed by atoms with Gasteiger partial charge in [0, 0.05) is 6.04 Å². The first-order chi connectivity index (χ1) is 7.81. The van der Waals surface area contributed by atoms with Gasteiger partial charge < -0.3 is 10.5 Å². The highest BCUT2D eigenvalue weighted by atomic mass is 35.5. The van der Waals surface area contributed by atoms with E-state index in [1.807, 2.05) is 6.92 Å². The van der Waals surface area contributed by atoms with Gasteiger partial charge in [0.1, 0.15) is 0 Å². The molecule has 0 fully saturated rings. The molecule has 0 radical (unpaired) electrons. The van der Waals surface area contributed by atoms with Crippen molar-refractivity contribution in [2.24, 2.45) is 5.73 Å². The highest BCUT2D eigenvalue weighted by Crippen LogP contribution is 2.26. The fraction of sp³-hybridized carbons (Fsp3) is 0.455. The molecule has 104 valence electrons. The number of hydrogen-bond acceptors (Lipinski definition) is 2. The molecule has 1 aromatic carbocycles. The molecule has 0 amide bonds. The van der Waals surface area contributed by atoms with E-state index in [1.54, 1.807) is 0 Å². The van der Waals surface area contributed by atoms with Gasteiger partial charge in [-0.2, -0.15) is 0 Å². The number of rotatable bonds is 4. The maximum atomic E-state index is 13.1. The summed E-state index contributed by atoms with van der Waals surface area (Å²) >= 11 is 0. The zero-order chi connectivity index (χ0) is 13.1. The molecule has 2 N–H and O–H groups in total. The second-order valence-electron chi connectivity index (χ2n) is 3.69. The van der Waals surface area contributed by atoms with Gasteiger partial charge in [0.15, 0.2) is 11.6 Å². The zero-order valence-electron chi connectivity index (χ0n) is 9.63. The minimum Gasteiger partial charge on any atom is -0.403 e. The van der Waals surface area contributed by atoms with E-state index < -0.39 is 17.9 Å². The summed E-state index contributed by atoms with van der Waals surface area (Å²) in [5.41, 5.74) is 6.18. The lowest BCUT2D eigenvalue weighted by Crippen LogP contribution is -2.22. The standard InChI is InChI=1S/C11H13F4NO.ClH/c1-2-8(16)5-7-3-4-9(12)10(6-7)17-11(13,14)15;/h3-4,6,8H,2,5,16H2,1H3;1H. The van der Waals surface area contributed by atoms with Crippen molar-refractivity contribution in [3.8, 4) is 5.75 Å². The molecule has 2 nitrogen and oxygen atoms in total. The van der Waals surface area contributed by atoms with Gasteiger partial charge in [-0.25, -0.2) is 4.39 Å². The van der Waals surface area contributed by atoms with Gasteiger partial charge in [-0.3, -0.25) is 0 Å². The van der Waals surface area contributed by atoms with E-state index in [1.165, 1.54) is 6.07 Å². The van der Waals surface area contributed by atoms with Crippen LogP contribution in [0.25, 0.3) is 0 Å². The fourth-order valence-corrected chi connectivity index (χ4v) is 1.32. The lowest BCUT2D eigenvalue weighted by Gasteiger charge is -2.12. The molecular formula is C11H14ClF4NO. The van der Waals surface area contributed by atoms with Crippen LogP contribution in [0.2, 0.25) is 0 Å². The lowest BCUT2D eigenvalue weighted by molar-refractivity contribution is -0.275. The van der Waals surface area contributed by atoms with Crippen molar-refractivity contribution < 1.29 is 22.3 Å². The molecular weight excluding hydrogens is 274 g/mol. The average molecular weight is 288 g/mol. The van der Waals surface area contributed by atoms with E-state index in [0.29, 0.717) is 18.4 Å². The highest BCUT2D eigenvalue weighted by Gasteiger charge is 2.32. The van der Waals surface area contributed by atoms with E-state index in [2.05, 4.69) is 4.74 Å². The minimum atomic E-state index is -4.90. The van der Waals surface area contributed by atoms with Crippen LogP contribution in [-0.4, -0.2) is 12.4 Å².